The van der Waals surface area contributed by atoms with Gasteiger partial charge in [0, 0.05) is 44.5 Å². The molecule has 116 valence electrons. The lowest BCUT2D eigenvalue weighted by Gasteiger charge is -2.23. The van der Waals surface area contributed by atoms with Crippen molar-refractivity contribution in [2.24, 2.45) is 0 Å². The first-order chi connectivity index (χ1) is 10.6. The number of amides is 1. The first-order valence-electron chi connectivity index (χ1n) is 7.61. The van der Waals surface area contributed by atoms with E-state index in [9.17, 15) is 4.79 Å². The molecule has 22 heavy (non-hydrogen) atoms. The Morgan fingerprint density at radius 1 is 1.41 bits per heavy atom. The maximum absolute atomic E-state index is 11.1. The fraction of sp³-hybridized carbons (Fsp3) is 0.438. The van der Waals surface area contributed by atoms with Gasteiger partial charge in [0.25, 0.3) is 0 Å². The molecular weight excluding hydrogens is 278 g/mol. The van der Waals surface area contributed by atoms with Crippen LogP contribution in [0.3, 0.4) is 0 Å². The van der Waals surface area contributed by atoms with Crippen LogP contribution in [-0.2, 0) is 4.79 Å². The van der Waals surface area contributed by atoms with Gasteiger partial charge >= 0.3 is 0 Å². The zero-order chi connectivity index (χ0) is 15.5. The van der Waals surface area contributed by atoms with Crippen LogP contribution < -0.4 is 5.32 Å². The monoisotopic (exact) mass is 299 g/mol. The number of hydrogen-bond acceptors (Lipinski definition) is 4. The molecule has 0 unspecified atom stereocenters. The van der Waals surface area contributed by atoms with E-state index in [2.05, 4.69) is 33.3 Å². The van der Waals surface area contributed by atoms with Crippen molar-refractivity contribution in [3.8, 4) is 0 Å². The van der Waals surface area contributed by atoms with E-state index in [0.717, 1.165) is 25.2 Å². The Hall–Kier alpha value is -2.21. The quantitative estimate of drug-likeness (QED) is 0.940. The first-order valence-corrected chi connectivity index (χ1v) is 7.61. The van der Waals surface area contributed by atoms with Crippen LogP contribution in [0.25, 0.3) is 0 Å². The predicted octanol–water partition coefficient (Wildman–Crippen LogP) is 2.24. The summed E-state index contributed by atoms with van der Waals surface area (Å²) in [6.45, 7) is 5.65. The first kappa shape index (κ1) is 14.7. The van der Waals surface area contributed by atoms with Crippen LogP contribution in [0.4, 0.5) is 5.82 Å². The highest BCUT2D eigenvalue weighted by Gasteiger charge is 2.28. The van der Waals surface area contributed by atoms with Crippen LogP contribution in [-0.4, -0.2) is 38.7 Å². The van der Waals surface area contributed by atoms with Gasteiger partial charge in [0.1, 0.15) is 0 Å². The molecule has 0 spiro atoms. The second-order valence-corrected chi connectivity index (χ2v) is 5.73. The zero-order valence-corrected chi connectivity index (χ0v) is 12.9. The molecule has 1 aliphatic heterocycles. The average Bonchev–Trinajstić information content (AvgIpc) is 3.15. The number of rotatable bonds is 4. The molecule has 3 heterocycles. The minimum atomic E-state index is -0.0953. The zero-order valence-electron chi connectivity index (χ0n) is 12.9. The fourth-order valence-electron chi connectivity index (χ4n) is 2.93. The highest BCUT2D eigenvalue weighted by molar-refractivity contribution is 5.87. The Kier molecular flexibility index (Phi) is 4.20. The van der Waals surface area contributed by atoms with E-state index < -0.39 is 0 Å². The van der Waals surface area contributed by atoms with Crippen molar-refractivity contribution in [3.05, 3.63) is 42.4 Å². The van der Waals surface area contributed by atoms with Gasteiger partial charge in [0.05, 0.1) is 11.7 Å². The molecule has 1 saturated heterocycles. The van der Waals surface area contributed by atoms with Crippen LogP contribution in [0.1, 0.15) is 38.0 Å². The summed E-state index contributed by atoms with van der Waals surface area (Å²) in [5, 5.41) is 7.16. The molecule has 6 nitrogen and oxygen atoms in total. The Balaban J connectivity index is 1.64. The summed E-state index contributed by atoms with van der Waals surface area (Å²) in [4.78, 5) is 17.9. The van der Waals surface area contributed by atoms with Crippen molar-refractivity contribution >= 4 is 11.7 Å². The molecule has 0 aliphatic carbocycles. The van der Waals surface area contributed by atoms with Gasteiger partial charge in [-0.05, 0) is 25.5 Å². The lowest BCUT2D eigenvalue weighted by Crippen LogP contribution is -2.26. The lowest BCUT2D eigenvalue weighted by atomic mass is 10.2. The summed E-state index contributed by atoms with van der Waals surface area (Å²) in [5.41, 5.74) is 1.10. The molecule has 0 bridgehead atoms. The van der Waals surface area contributed by atoms with Crippen molar-refractivity contribution in [2.45, 2.75) is 32.4 Å². The van der Waals surface area contributed by atoms with Crippen molar-refractivity contribution in [1.29, 1.82) is 0 Å². The topological polar surface area (TPSA) is 63.1 Å². The number of aromatic nitrogens is 3. The largest absolute Gasteiger partial charge is 0.309 e. The van der Waals surface area contributed by atoms with Gasteiger partial charge in [-0.15, -0.1) is 0 Å². The molecule has 2 atom stereocenters. The van der Waals surface area contributed by atoms with Crippen LogP contribution in [0, 0.1) is 0 Å². The minimum absolute atomic E-state index is 0.0953. The standard InChI is InChI=1S/C16H21N5O/c1-12(15-5-3-4-8-17-15)20-9-6-14(11-20)21-10-7-16(19-21)18-13(2)22/h3-5,7-8,10,12,14H,6,9,11H2,1-2H3,(H,18,19,22)/t12-,14+/m0/s1. The van der Waals surface area contributed by atoms with E-state index in [0.29, 0.717) is 17.9 Å². The molecule has 0 aromatic carbocycles. The van der Waals surface area contributed by atoms with Gasteiger partial charge in [-0.1, -0.05) is 6.07 Å². The number of nitrogens with zero attached hydrogens (tertiary/aromatic N) is 4. The van der Waals surface area contributed by atoms with Crippen molar-refractivity contribution in [3.63, 3.8) is 0 Å². The Morgan fingerprint density at radius 2 is 2.27 bits per heavy atom. The normalized spacial score (nSPS) is 20.0. The second kappa shape index (κ2) is 6.27. The minimum Gasteiger partial charge on any atom is -0.309 e. The summed E-state index contributed by atoms with van der Waals surface area (Å²) < 4.78 is 1.95. The fourth-order valence-corrected chi connectivity index (χ4v) is 2.93. The van der Waals surface area contributed by atoms with Crippen LogP contribution >= 0.6 is 0 Å². The molecule has 6 heteroatoms. The van der Waals surface area contributed by atoms with Crippen molar-refractivity contribution in [2.75, 3.05) is 18.4 Å². The van der Waals surface area contributed by atoms with Crippen LogP contribution in [0.5, 0.6) is 0 Å². The van der Waals surface area contributed by atoms with Gasteiger partial charge in [-0.3, -0.25) is 19.4 Å². The van der Waals surface area contributed by atoms with E-state index in [1.165, 1.54) is 6.92 Å². The van der Waals surface area contributed by atoms with Gasteiger partial charge in [-0.25, -0.2) is 0 Å². The number of likely N-dealkylation sites (tertiary alicyclic amines) is 1. The number of pyridine rings is 1. The molecule has 2 aromatic heterocycles. The third-order valence-electron chi connectivity index (χ3n) is 4.14. The molecule has 0 radical (unpaired) electrons. The van der Waals surface area contributed by atoms with E-state index in [1.54, 1.807) is 0 Å². The highest BCUT2D eigenvalue weighted by Crippen LogP contribution is 2.28. The molecular formula is C16H21N5O. The van der Waals surface area contributed by atoms with E-state index in [4.69, 9.17) is 0 Å². The molecule has 1 aliphatic rings. The molecule has 2 aromatic rings. The Morgan fingerprint density at radius 3 is 3.00 bits per heavy atom. The number of carbonyl (C=O) groups is 1. The van der Waals surface area contributed by atoms with Crippen LogP contribution in [0.2, 0.25) is 0 Å². The molecule has 1 amide bonds. The van der Waals surface area contributed by atoms with E-state index >= 15 is 0 Å². The Bertz CT molecular complexity index is 639. The predicted molar refractivity (Wildman–Crippen MR) is 84.4 cm³/mol. The summed E-state index contributed by atoms with van der Waals surface area (Å²) in [7, 11) is 0. The van der Waals surface area contributed by atoms with E-state index in [-0.39, 0.29) is 5.91 Å². The molecule has 3 rings (SSSR count). The molecule has 0 saturated carbocycles. The average molecular weight is 299 g/mol. The van der Waals surface area contributed by atoms with Gasteiger partial charge in [0.15, 0.2) is 5.82 Å². The van der Waals surface area contributed by atoms with Gasteiger partial charge in [-0.2, -0.15) is 5.10 Å². The van der Waals surface area contributed by atoms with Gasteiger partial charge < -0.3 is 5.32 Å². The van der Waals surface area contributed by atoms with E-state index in [1.807, 2.05) is 35.3 Å². The summed E-state index contributed by atoms with van der Waals surface area (Å²) in [5.74, 6) is 0.519. The van der Waals surface area contributed by atoms with Crippen molar-refractivity contribution in [1.82, 2.24) is 19.7 Å². The molecule has 1 N–H and O–H groups in total. The van der Waals surface area contributed by atoms with Crippen molar-refractivity contribution < 1.29 is 4.79 Å². The van der Waals surface area contributed by atoms with Gasteiger partial charge in [0.2, 0.25) is 5.91 Å². The summed E-state index contributed by atoms with van der Waals surface area (Å²) in [6.07, 6.45) is 4.83. The SMILES string of the molecule is CC(=O)Nc1ccn([C@@H]2CCN([C@@H](C)c3ccccn3)C2)n1. The number of nitrogens with one attached hydrogen (secondary N) is 1. The second-order valence-electron chi connectivity index (χ2n) is 5.73. The number of carbonyl (C=O) groups excluding carboxylic acids is 1. The third kappa shape index (κ3) is 3.17. The lowest BCUT2D eigenvalue weighted by molar-refractivity contribution is -0.114. The maximum Gasteiger partial charge on any atom is 0.222 e. The Labute approximate surface area is 130 Å². The van der Waals surface area contributed by atoms with Crippen LogP contribution in [0.15, 0.2) is 36.7 Å². The number of hydrogen-bond donors (Lipinski definition) is 1. The summed E-state index contributed by atoms with van der Waals surface area (Å²) in [6, 6.07) is 8.52. The molecule has 1 fully saturated rings. The highest BCUT2D eigenvalue weighted by atomic mass is 16.1. The third-order valence-corrected chi connectivity index (χ3v) is 4.14. The summed E-state index contributed by atoms with van der Waals surface area (Å²) >= 11 is 0. The number of anilines is 1. The smallest absolute Gasteiger partial charge is 0.222 e. The maximum atomic E-state index is 11.1.